The Morgan fingerprint density at radius 3 is 2.31 bits per heavy atom. The molecule has 0 aromatic heterocycles. The van der Waals surface area contributed by atoms with E-state index in [0.717, 1.165) is 6.07 Å². The number of para-hydroxylation sites is 1. The SMILES string of the molecule is COc1ccc(NC(C)C(=O)Nc2ccccc2C(F)(F)F)cc1OC. The van der Waals surface area contributed by atoms with E-state index in [1.54, 1.807) is 25.1 Å². The molecule has 0 aliphatic rings. The number of carbonyl (C=O) groups is 1. The number of hydrogen-bond donors (Lipinski definition) is 2. The first kappa shape index (κ1) is 19.4. The predicted octanol–water partition coefficient (Wildman–Crippen LogP) is 4.16. The van der Waals surface area contributed by atoms with Crippen LogP contribution in [0.1, 0.15) is 12.5 Å². The summed E-state index contributed by atoms with van der Waals surface area (Å²) < 4.78 is 49.3. The number of methoxy groups -OCH3 is 2. The van der Waals surface area contributed by atoms with Crippen molar-refractivity contribution in [1.29, 1.82) is 0 Å². The lowest BCUT2D eigenvalue weighted by atomic mass is 10.1. The van der Waals surface area contributed by atoms with Crippen molar-refractivity contribution in [2.45, 2.75) is 19.1 Å². The van der Waals surface area contributed by atoms with E-state index in [1.165, 1.54) is 32.4 Å². The Morgan fingerprint density at radius 1 is 1.04 bits per heavy atom. The molecule has 0 heterocycles. The van der Waals surface area contributed by atoms with Crippen molar-refractivity contribution in [3.05, 3.63) is 48.0 Å². The number of benzene rings is 2. The second-order valence-corrected chi connectivity index (χ2v) is 5.47. The first-order valence-corrected chi connectivity index (χ1v) is 7.72. The van der Waals surface area contributed by atoms with Gasteiger partial charge in [-0.1, -0.05) is 12.1 Å². The summed E-state index contributed by atoms with van der Waals surface area (Å²) in [7, 11) is 2.98. The molecule has 2 rings (SSSR count). The van der Waals surface area contributed by atoms with E-state index < -0.39 is 23.7 Å². The van der Waals surface area contributed by atoms with Gasteiger partial charge in [0.15, 0.2) is 11.5 Å². The highest BCUT2D eigenvalue weighted by Crippen LogP contribution is 2.34. The van der Waals surface area contributed by atoms with Gasteiger partial charge < -0.3 is 20.1 Å². The minimum Gasteiger partial charge on any atom is -0.493 e. The Labute approximate surface area is 149 Å². The lowest BCUT2D eigenvalue weighted by Gasteiger charge is -2.18. The molecule has 0 radical (unpaired) electrons. The van der Waals surface area contributed by atoms with Gasteiger partial charge in [-0.15, -0.1) is 0 Å². The number of rotatable bonds is 6. The molecular formula is C18H19F3N2O3. The number of amides is 1. The van der Waals surface area contributed by atoms with Crippen LogP contribution in [-0.2, 0) is 11.0 Å². The average Bonchev–Trinajstić information content (AvgIpc) is 2.61. The Bertz CT molecular complexity index is 779. The van der Waals surface area contributed by atoms with E-state index in [4.69, 9.17) is 9.47 Å². The summed E-state index contributed by atoms with van der Waals surface area (Å²) in [5.74, 6) is 0.387. The van der Waals surface area contributed by atoms with Crippen molar-refractivity contribution >= 4 is 17.3 Å². The van der Waals surface area contributed by atoms with Crippen LogP contribution in [0.5, 0.6) is 11.5 Å². The second-order valence-electron chi connectivity index (χ2n) is 5.47. The molecule has 2 aromatic rings. The fraction of sp³-hybridized carbons (Fsp3) is 0.278. The molecule has 1 unspecified atom stereocenters. The molecule has 2 aromatic carbocycles. The van der Waals surface area contributed by atoms with Gasteiger partial charge in [0, 0.05) is 11.8 Å². The zero-order valence-electron chi connectivity index (χ0n) is 14.5. The molecular weight excluding hydrogens is 349 g/mol. The highest BCUT2D eigenvalue weighted by Gasteiger charge is 2.33. The molecule has 140 valence electrons. The Morgan fingerprint density at radius 2 is 1.69 bits per heavy atom. The lowest BCUT2D eigenvalue weighted by molar-refractivity contribution is -0.137. The average molecular weight is 368 g/mol. The van der Waals surface area contributed by atoms with Crippen LogP contribution < -0.4 is 20.1 Å². The van der Waals surface area contributed by atoms with Crippen LogP contribution >= 0.6 is 0 Å². The third kappa shape index (κ3) is 4.59. The van der Waals surface area contributed by atoms with Gasteiger partial charge in [0.2, 0.25) is 5.91 Å². The summed E-state index contributed by atoms with van der Waals surface area (Å²) in [6.45, 7) is 1.54. The lowest BCUT2D eigenvalue weighted by Crippen LogP contribution is -2.32. The number of carbonyl (C=O) groups excluding carboxylic acids is 1. The van der Waals surface area contributed by atoms with Gasteiger partial charge in [-0.3, -0.25) is 4.79 Å². The predicted molar refractivity (Wildman–Crippen MR) is 92.7 cm³/mol. The van der Waals surface area contributed by atoms with Gasteiger partial charge in [-0.05, 0) is 31.2 Å². The number of halogens is 3. The number of ether oxygens (including phenoxy) is 2. The van der Waals surface area contributed by atoms with Crippen molar-refractivity contribution in [2.24, 2.45) is 0 Å². The smallest absolute Gasteiger partial charge is 0.418 e. The molecule has 1 amide bonds. The summed E-state index contributed by atoms with van der Waals surface area (Å²) >= 11 is 0. The fourth-order valence-electron chi connectivity index (χ4n) is 2.32. The fourth-order valence-corrected chi connectivity index (χ4v) is 2.32. The molecule has 26 heavy (non-hydrogen) atoms. The normalized spacial score (nSPS) is 12.2. The summed E-state index contributed by atoms with van der Waals surface area (Å²) in [6.07, 6.45) is -4.55. The molecule has 5 nitrogen and oxygen atoms in total. The van der Waals surface area contributed by atoms with E-state index in [2.05, 4.69) is 10.6 Å². The van der Waals surface area contributed by atoms with E-state index in [0.29, 0.717) is 17.2 Å². The maximum absolute atomic E-state index is 13.0. The molecule has 0 saturated heterocycles. The third-order valence-electron chi connectivity index (χ3n) is 3.65. The molecule has 8 heteroatoms. The standard InChI is InChI=1S/C18H19F3N2O3/c1-11(22-12-8-9-15(25-2)16(10-12)26-3)17(24)23-14-7-5-4-6-13(14)18(19,20)21/h4-11,22H,1-3H3,(H,23,24). The highest BCUT2D eigenvalue weighted by atomic mass is 19.4. The van der Waals surface area contributed by atoms with Gasteiger partial charge in [0.05, 0.1) is 25.5 Å². The maximum Gasteiger partial charge on any atom is 0.418 e. The largest absolute Gasteiger partial charge is 0.493 e. The number of nitrogens with one attached hydrogen (secondary N) is 2. The van der Waals surface area contributed by atoms with E-state index >= 15 is 0 Å². The van der Waals surface area contributed by atoms with Crippen LogP contribution in [0.15, 0.2) is 42.5 Å². The zero-order chi connectivity index (χ0) is 19.3. The maximum atomic E-state index is 13.0. The van der Waals surface area contributed by atoms with Gasteiger partial charge in [0.1, 0.15) is 6.04 Å². The highest BCUT2D eigenvalue weighted by molar-refractivity contribution is 5.97. The molecule has 0 spiro atoms. The van der Waals surface area contributed by atoms with Crippen molar-refractivity contribution < 1.29 is 27.4 Å². The molecule has 0 aliphatic carbocycles. The summed E-state index contributed by atoms with van der Waals surface area (Å²) in [4.78, 5) is 12.3. The first-order valence-electron chi connectivity index (χ1n) is 7.72. The Kier molecular flexibility index (Phi) is 5.97. The minimum absolute atomic E-state index is 0.286. The molecule has 0 saturated carbocycles. The minimum atomic E-state index is -4.55. The quantitative estimate of drug-likeness (QED) is 0.804. The van der Waals surface area contributed by atoms with Gasteiger partial charge in [0.25, 0.3) is 0 Å². The molecule has 1 atom stereocenters. The van der Waals surface area contributed by atoms with Crippen LogP contribution in [0.2, 0.25) is 0 Å². The molecule has 0 bridgehead atoms. The van der Waals surface area contributed by atoms with Crippen LogP contribution in [0.25, 0.3) is 0 Å². The van der Waals surface area contributed by atoms with E-state index in [-0.39, 0.29) is 5.69 Å². The summed E-state index contributed by atoms with van der Waals surface area (Å²) in [5.41, 5.74) is -0.618. The topological polar surface area (TPSA) is 59.6 Å². The van der Waals surface area contributed by atoms with Crippen molar-refractivity contribution in [3.8, 4) is 11.5 Å². The Balaban J connectivity index is 2.12. The van der Waals surface area contributed by atoms with Crippen LogP contribution in [0, 0.1) is 0 Å². The number of anilines is 2. The van der Waals surface area contributed by atoms with E-state index in [9.17, 15) is 18.0 Å². The van der Waals surface area contributed by atoms with E-state index in [1.807, 2.05) is 0 Å². The molecule has 2 N–H and O–H groups in total. The summed E-state index contributed by atoms with van der Waals surface area (Å²) in [5, 5.41) is 5.23. The monoisotopic (exact) mass is 368 g/mol. The van der Waals surface area contributed by atoms with Gasteiger partial charge >= 0.3 is 6.18 Å². The van der Waals surface area contributed by atoms with Gasteiger partial charge in [-0.25, -0.2) is 0 Å². The second kappa shape index (κ2) is 7.99. The molecule has 0 aliphatic heterocycles. The van der Waals surface area contributed by atoms with Crippen LogP contribution in [0.4, 0.5) is 24.5 Å². The van der Waals surface area contributed by atoms with Crippen LogP contribution in [-0.4, -0.2) is 26.2 Å². The summed E-state index contributed by atoms with van der Waals surface area (Å²) in [6, 6.07) is 9.01. The zero-order valence-corrected chi connectivity index (χ0v) is 14.5. The van der Waals surface area contributed by atoms with Gasteiger partial charge in [-0.2, -0.15) is 13.2 Å². The van der Waals surface area contributed by atoms with Crippen molar-refractivity contribution in [3.63, 3.8) is 0 Å². The number of hydrogen-bond acceptors (Lipinski definition) is 4. The first-order chi connectivity index (χ1) is 12.3. The Hall–Kier alpha value is -2.90. The van der Waals surface area contributed by atoms with Crippen molar-refractivity contribution in [1.82, 2.24) is 0 Å². The van der Waals surface area contributed by atoms with Crippen LogP contribution in [0.3, 0.4) is 0 Å². The van der Waals surface area contributed by atoms with Crippen molar-refractivity contribution in [2.75, 3.05) is 24.9 Å². The molecule has 0 fully saturated rings. The number of alkyl halides is 3. The third-order valence-corrected chi connectivity index (χ3v) is 3.65.